The van der Waals surface area contributed by atoms with E-state index in [0.29, 0.717) is 22.6 Å². The molecule has 0 unspecified atom stereocenters. The first-order valence-corrected chi connectivity index (χ1v) is 6.71. The van der Waals surface area contributed by atoms with Crippen LogP contribution in [0.1, 0.15) is 11.1 Å². The van der Waals surface area contributed by atoms with Crippen LogP contribution in [0, 0.1) is 0 Å². The lowest BCUT2D eigenvalue weighted by Crippen LogP contribution is -2.01. The van der Waals surface area contributed by atoms with Crippen LogP contribution < -0.4 is 9.47 Å². The van der Waals surface area contributed by atoms with Gasteiger partial charge < -0.3 is 19.7 Å². The molecule has 2 aromatic rings. The second kappa shape index (κ2) is 7.26. The number of aliphatic carboxylic acids is 2. The summed E-state index contributed by atoms with van der Waals surface area (Å²) in [5.74, 6) is -0.809. The van der Waals surface area contributed by atoms with Crippen LogP contribution in [0.5, 0.6) is 17.4 Å². The Kier molecular flexibility index (Phi) is 5.14. The molecule has 0 radical (unpaired) electrons. The Hall–Kier alpha value is -3.09. The monoisotopic (exact) mass is 317 g/mol. The molecule has 1 aromatic carbocycles. The molecule has 0 saturated carbocycles. The van der Waals surface area contributed by atoms with Gasteiger partial charge in [0, 0.05) is 12.3 Å². The summed E-state index contributed by atoms with van der Waals surface area (Å²) < 4.78 is 10.8. The third-order valence-corrected chi connectivity index (χ3v) is 2.95. The Morgan fingerprint density at radius 3 is 2.22 bits per heavy atom. The van der Waals surface area contributed by atoms with Crippen molar-refractivity contribution >= 4 is 11.9 Å². The summed E-state index contributed by atoms with van der Waals surface area (Å²) in [7, 11) is 1.45. The molecule has 2 rings (SSSR count). The number of methoxy groups -OCH3 is 1. The van der Waals surface area contributed by atoms with Gasteiger partial charge >= 0.3 is 11.9 Å². The second-order valence-electron chi connectivity index (χ2n) is 4.73. The van der Waals surface area contributed by atoms with Crippen molar-refractivity contribution in [1.29, 1.82) is 0 Å². The van der Waals surface area contributed by atoms with E-state index in [0.717, 1.165) is 0 Å². The SMILES string of the molecule is COc1cc(CC(=O)O)ccc1Oc1ccc(CC(=O)O)cn1. The maximum atomic E-state index is 10.7. The van der Waals surface area contributed by atoms with E-state index in [2.05, 4.69) is 4.98 Å². The van der Waals surface area contributed by atoms with Gasteiger partial charge in [-0.3, -0.25) is 9.59 Å². The van der Waals surface area contributed by atoms with Crippen molar-refractivity contribution in [3.8, 4) is 17.4 Å². The number of benzene rings is 1. The van der Waals surface area contributed by atoms with E-state index in [1.165, 1.54) is 13.3 Å². The summed E-state index contributed by atoms with van der Waals surface area (Å²) in [5.41, 5.74) is 1.15. The molecule has 120 valence electrons. The fourth-order valence-corrected chi connectivity index (χ4v) is 1.94. The van der Waals surface area contributed by atoms with Crippen molar-refractivity contribution in [3.05, 3.63) is 47.7 Å². The lowest BCUT2D eigenvalue weighted by atomic mass is 10.1. The van der Waals surface area contributed by atoms with Crippen LogP contribution >= 0.6 is 0 Å². The van der Waals surface area contributed by atoms with Gasteiger partial charge in [-0.05, 0) is 23.3 Å². The standard InChI is InChI=1S/C16H15NO6/c1-22-13-6-10(7-15(18)19)2-4-12(13)23-14-5-3-11(9-17-14)8-16(20)21/h2-6,9H,7-8H2,1H3,(H,18,19)(H,20,21). The Bertz CT molecular complexity index is 711. The van der Waals surface area contributed by atoms with Crippen LogP contribution in [0.3, 0.4) is 0 Å². The Balaban J connectivity index is 2.15. The maximum absolute atomic E-state index is 10.7. The van der Waals surface area contributed by atoms with Crippen molar-refractivity contribution < 1.29 is 29.3 Å². The van der Waals surface area contributed by atoms with E-state index in [9.17, 15) is 9.59 Å². The number of rotatable bonds is 7. The fourth-order valence-electron chi connectivity index (χ4n) is 1.94. The third kappa shape index (κ3) is 4.70. The van der Waals surface area contributed by atoms with Gasteiger partial charge in [0.2, 0.25) is 5.88 Å². The molecule has 1 heterocycles. The molecule has 0 aliphatic rings. The predicted octanol–water partition coefficient (Wildman–Crippen LogP) is 2.14. The van der Waals surface area contributed by atoms with Crippen molar-refractivity contribution in [3.63, 3.8) is 0 Å². The zero-order chi connectivity index (χ0) is 16.8. The van der Waals surface area contributed by atoms with Crippen molar-refractivity contribution in [1.82, 2.24) is 4.98 Å². The fraction of sp³-hybridized carbons (Fsp3) is 0.188. The summed E-state index contributed by atoms with van der Waals surface area (Å²) in [6.45, 7) is 0. The van der Waals surface area contributed by atoms with E-state index < -0.39 is 11.9 Å². The molecular formula is C16H15NO6. The van der Waals surface area contributed by atoms with Crippen LogP contribution in [0.15, 0.2) is 36.5 Å². The molecule has 0 fully saturated rings. The van der Waals surface area contributed by atoms with Gasteiger partial charge in [-0.25, -0.2) is 4.98 Å². The number of carbonyl (C=O) groups is 2. The third-order valence-electron chi connectivity index (χ3n) is 2.95. The van der Waals surface area contributed by atoms with Crippen LogP contribution in [-0.4, -0.2) is 34.2 Å². The number of nitrogens with zero attached hydrogens (tertiary/aromatic N) is 1. The largest absolute Gasteiger partial charge is 0.493 e. The van der Waals surface area contributed by atoms with Gasteiger partial charge in [0.25, 0.3) is 0 Å². The minimum atomic E-state index is -0.934. The second-order valence-corrected chi connectivity index (χ2v) is 4.73. The topological polar surface area (TPSA) is 106 Å². The molecule has 0 spiro atoms. The van der Waals surface area contributed by atoms with Crippen LogP contribution in [0.25, 0.3) is 0 Å². The normalized spacial score (nSPS) is 10.1. The van der Waals surface area contributed by atoms with Gasteiger partial charge in [0.15, 0.2) is 11.5 Å². The van der Waals surface area contributed by atoms with Crippen LogP contribution in [0.4, 0.5) is 0 Å². The van der Waals surface area contributed by atoms with Gasteiger partial charge in [0.05, 0.1) is 20.0 Å². The molecule has 0 aliphatic heterocycles. The molecule has 0 aliphatic carbocycles. The first-order valence-electron chi connectivity index (χ1n) is 6.71. The number of ether oxygens (including phenoxy) is 2. The van der Waals surface area contributed by atoms with Gasteiger partial charge in [0.1, 0.15) is 0 Å². The van der Waals surface area contributed by atoms with Crippen LogP contribution in [0.2, 0.25) is 0 Å². The Morgan fingerprint density at radius 2 is 1.65 bits per heavy atom. The number of carboxylic acid groups (broad SMARTS) is 2. The average molecular weight is 317 g/mol. The van der Waals surface area contributed by atoms with E-state index in [1.54, 1.807) is 30.3 Å². The molecule has 2 N–H and O–H groups in total. The highest BCUT2D eigenvalue weighted by molar-refractivity contribution is 5.71. The Labute approximate surface area is 132 Å². The maximum Gasteiger partial charge on any atom is 0.307 e. The molecular weight excluding hydrogens is 302 g/mol. The number of hydrogen-bond acceptors (Lipinski definition) is 5. The molecule has 7 heteroatoms. The smallest absolute Gasteiger partial charge is 0.307 e. The first-order chi connectivity index (χ1) is 11.0. The van der Waals surface area contributed by atoms with Crippen LogP contribution in [-0.2, 0) is 22.4 Å². The summed E-state index contributed by atoms with van der Waals surface area (Å²) in [6, 6.07) is 7.99. The van der Waals surface area contributed by atoms with E-state index >= 15 is 0 Å². The lowest BCUT2D eigenvalue weighted by molar-refractivity contribution is -0.137. The van der Waals surface area contributed by atoms with Crippen molar-refractivity contribution in [2.24, 2.45) is 0 Å². The number of aromatic nitrogens is 1. The number of hydrogen-bond donors (Lipinski definition) is 2. The molecule has 23 heavy (non-hydrogen) atoms. The summed E-state index contributed by atoms with van der Waals surface area (Å²) >= 11 is 0. The quantitative estimate of drug-likeness (QED) is 0.805. The lowest BCUT2D eigenvalue weighted by Gasteiger charge is -2.11. The van der Waals surface area contributed by atoms with E-state index in [4.69, 9.17) is 19.7 Å². The molecule has 1 aromatic heterocycles. The van der Waals surface area contributed by atoms with Gasteiger partial charge in [-0.2, -0.15) is 0 Å². The van der Waals surface area contributed by atoms with Crippen molar-refractivity contribution in [2.45, 2.75) is 12.8 Å². The Morgan fingerprint density at radius 1 is 1.00 bits per heavy atom. The average Bonchev–Trinajstić information content (AvgIpc) is 2.49. The number of pyridine rings is 1. The van der Waals surface area contributed by atoms with Gasteiger partial charge in [-0.15, -0.1) is 0 Å². The molecule has 0 saturated heterocycles. The summed E-state index contributed by atoms with van der Waals surface area (Å²) in [4.78, 5) is 25.4. The summed E-state index contributed by atoms with van der Waals surface area (Å²) in [6.07, 6.45) is 1.20. The van der Waals surface area contributed by atoms with E-state index in [-0.39, 0.29) is 18.7 Å². The van der Waals surface area contributed by atoms with E-state index in [1.807, 2.05) is 0 Å². The highest BCUT2D eigenvalue weighted by atomic mass is 16.5. The molecule has 7 nitrogen and oxygen atoms in total. The van der Waals surface area contributed by atoms with Crippen molar-refractivity contribution in [2.75, 3.05) is 7.11 Å². The zero-order valence-corrected chi connectivity index (χ0v) is 12.4. The first kappa shape index (κ1) is 16.3. The number of carboxylic acids is 2. The summed E-state index contributed by atoms with van der Waals surface area (Å²) in [5, 5.41) is 17.5. The molecule has 0 bridgehead atoms. The zero-order valence-electron chi connectivity index (χ0n) is 12.4. The molecule has 0 amide bonds. The highest BCUT2D eigenvalue weighted by Crippen LogP contribution is 2.31. The van der Waals surface area contributed by atoms with Gasteiger partial charge in [-0.1, -0.05) is 12.1 Å². The molecule has 0 atom stereocenters. The minimum Gasteiger partial charge on any atom is -0.493 e. The predicted molar refractivity (Wildman–Crippen MR) is 80.0 cm³/mol. The highest BCUT2D eigenvalue weighted by Gasteiger charge is 2.10. The minimum absolute atomic E-state index is 0.111.